The summed E-state index contributed by atoms with van der Waals surface area (Å²) in [7, 11) is 0. The second-order valence-electron chi connectivity index (χ2n) is 7.22. The summed E-state index contributed by atoms with van der Waals surface area (Å²) in [5, 5.41) is 10.0. The third kappa shape index (κ3) is 5.98. The van der Waals surface area contributed by atoms with Gasteiger partial charge in [0.2, 0.25) is 0 Å². The van der Waals surface area contributed by atoms with Crippen molar-refractivity contribution in [2.24, 2.45) is 5.92 Å². The van der Waals surface area contributed by atoms with Crippen molar-refractivity contribution in [1.82, 2.24) is 20.4 Å². The van der Waals surface area contributed by atoms with Gasteiger partial charge in [0.05, 0.1) is 0 Å². The van der Waals surface area contributed by atoms with Crippen LogP contribution in [0, 0.1) is 5.92 Å². The van der Waals surface area contributed by atoms with E-state index in [-0.39, 0.29) is 5.91 Å². The van der Waals surface area contributed by atoms with E-state index in [1.54, 1.807) is 0 Å². The lowest BCUT2D eigenvalue weighted by Gasteiger charge is -2.33. The molecule has 2 rings (SSSR count). The molecule has 1 amide bonds. The first-order valence-electron chi connectivity index (χ1n) is 9.12. The molecule has 1 saturated heterocycles. The first-order chi connectivity index (χ1) is 11.1. The normalized spacial score (nSPS) is 19.2. The number of carbonyl (C=O) groups is 1. The number of aromatic nitrogens is 2. The summed E-state index contributed by atoms with van der Waals surface area (Å²) < 4.78 is 0. The number of carbonyl (C=O) groups excluding carboxylic acids is 1. The molecule has 0 bridgehead atoms. The molecule has 2 N–H and O–H groups in total. The maximum atomic E-state index is 12.1. The molecule has 5 nitrogen and oxygen atoms in total. The maximum absolute atomic E-state index is 12.1. The van der Waals surface area contributed by atoms with Crippen molar-refractivity contribution in [1.29, 1.82) is 0 Å². The molecule has 0 radical (unpaired) electrons. The number of piperidine rings is 1. The lowest BCUT2D eigenvalue weighted by molar-refractivity contribution is 0.0946. The Morgan fingerprint density at radius 1 is 1.43 bits per heavy atom. The van der Waals surface area contributed by atoms with Crippen LogP contribution < -0.4 is 5.32 Å². The molecule has 23 heavy (non-hydrogen) atoms. The van der Waals surface area contributed by atoms with Gasteiger partial charge in [-0.25, -0.2) is 0 Å². The molecule has 1 fully saturated rings. The van der Waals surface area contributed by atoms with E-state index in [9.17, 15) is 4.79 Å². The van der Waals surface area contributed by atoms with Crippen molar-refractivity contribution in [3.63, 3.8) is 0 Å². The van der Waals surface area contributed by atoms with E-state index >= 15 is 0 Å². The van der Waals surface area contributed by atoms with E-state index in [0.717, 1.165) is 44.1 Å². The third-order valence-corrected chi connectivity index (χ3v) is 4.59. The zero-order valence-corrected chi connectivity index (χ0v) is 14.9. The van der Waals surface area contributed by atoms with Crippen LogP contribution in [0.5, 0.6) is 0 Å². The number of nitrogens with one attached hydrogen (secondary N) is 2. The van der Waals surface area contributed by atoms with Crippen LogP contribution in [0.15, 0.2) is 6.07 Å². The minimum Gasteiger partial charge on any atom is -0.351 e. The summed E-state index contributed by atoms with van der Waals surface area (Å²) in [6.07, 6.45) is 7.13. The number of aromatic amines is 1. The molecule has 0 aromatic carbocycles. The van der Waals surface area contributed by atoms with Gasteiger partial charge in [0.25, 0.3) is 5.91 Å². The van der Waals surface area contributed by atoms with E-state index in [2.05, 4.69) is 41.2 Å². The summed E-state index contributed by atoms with van der Waals surface area (Å²) in [4.78, 5) is 14.6. The fourth-order valence-corrected chi connectivity index (χ4v) is 3.24. The van der Waals surface area contributed by atoms with Gasteiger partial charge in [-0.3, -0.25) is 9.89 Å². The first kappa shape index (κ1) is 18.0. The van der Waals surface area contributed by atoms with E-state index in [0.29, 0.717) is 11.6 Å². The van der Waals surface area contributed by atoms with E-state index in [1.165, 1.54) is 25.8 Å². The average Bonchev–Trinajstić information content (AvgIpc) is 2.96. The van der Waals surface area contributed by atoms with Crippen LogP contribution in [-0.4, -0.2) is 46.7 Å². The monoisotopic (exact) mass is 320 g/mol. The molecule has 0 saturated carbocycles. The molecule has 1 aromatic rings. The molecule has 1 aliphatic rings. The highest BCUT2D eigenvalue weighted by molar-refractivity contribution is 5.92. The Morgan fingerprint density at radius 3 is 3.00 bits per heavy atom. The number of likely N-dealkylation sites (tertiary alicyclic amines) is 1. The topological polar surface area (TPSA) is 61.0 Å². The Labute approximate surface area is 140 Å². The minimum atomic E-state index is -0.0670. The van der Waals surface area contributed by atoms with E-state index in [4.69, 9.17) is 0 Å². The van der Waals surface area contributed by atoms with Crippen LogP contribution in [0.2, 0.25) is 0 Å². The van der Waals surface area contributed by atoms with Gasteiger partial charge in [-0.1, -0.05) is 20.3 Å². The summed E-state index contributed by atoms with van der Waals surface area (Å²) in [5.41, 5.74) is 1.54. The second kappa shape index (κ2) is 9.06. The lowest BCUT2D eigenvalue weighted by Crippen LogP contribution is -2.38. The SMILES string of the molecule is CC(C)Cc1cc(C(=O)NCCCCN2CCCCC2C)n[nH]1. The molecule has 130 valence electrons. The Balaban J connectivity index is 1.62. The van der Waals surface area contributed by atoms with Crippen molar-refractivity contribution in [2.45, 2.75) is 65.3 Å². The number of H-pyrrole nitrogens is 1. The second-order valence-corrected chi connectivity index (χ2v) is 7.22. The molecular weight excluding hydrogens is 288 g/mol. The molecule has 1 unspecified atom stereocenters. The van der Waals surface area contributed by atoms with Crippen LogP contribution in [0.25, 0.3) is 0 Å². The molecule has 1 aliphatic heterocycles. The molecule has 0 aliphatic carbocycles. The summed E-state index contributed by atoms with van der Waals surface area (Å²) in [6, 6.07) is 2.59. The van der Waals surface area contributed by atoms with Crippen molar-refractivity contribution < 1.29 is 4.79 Å². The molecule has 1 atom stereocenters. The smallest absolute Gasteiger partial charge is 0.271 e. The zero-order valence-electron chi connectivity index (χ0n) is 14.9. The van der Waals surface area contributed by atoms with Crippen molar-refractivity contribution in [2.75, 3.05) is 19.6 Å². The minimum absolute atomic E-state index is 0.0670. The lowest BCUT2D eigenvalue weighted by atomic mass is 10.0. The van der Waals surface area contributed by atoms with Gasteiger partial charge in [-0.15, -0.1) is 0 Å². The predicted octanol–water partition coefficient (Wildman–Crippen LogP) is 2.99. The van der Waals surface area contributed by atoms with Crippen LogP contribution in [0.3, 0.4) is 0 Å². The Hall–Kier alpha value is -1.36. The van der Waals surface area contributed by atoms with Crippen LogP contribution in [-0.2, 0) is 6.42 Å². The van der Waals surface area contributed by atoms with Gasteiger partial charge in [0, 0.05) is 18.3 Å². The van der Waals surface area contributed by atoms with E-state index in [1.807, 2.05) is 6.07 Å². The first-order valence-corrected chi connectivity index (χ1v) is 9.12. The number of hydrogen-bond donors (Lipinski definition) is 2. The van der Waals surface area contributed by atoms with Gasteiger partial charge < -0.3 is 10.2 Å². The Kier molecular flexibility index (Phi) is 7.09. The van der Waals surface area contributed by atoms with Gasteiger partial charge in [0.1, 0.15) is 5.69 Å². The van der Waals surface area contributed by atoms with Gasteiger partial charge in [-0.05, 0) is 64.1 Å². The summed E-state index contributed by atoms with van der Waals surface area (Å²) in [6.45, 7) is 9.76. The molecule has 2 heterocycles. The van der Waals surface area contributed by atoms with Crippen molar-refractivity contribution >= 4 is 5.91 Å². The highest BCUT2D eigenvalue weighted by atomic mass is 16.1. The number of hydrogen-bond acceptors (Lipinski definition) is 3. The molecule has 0 spiro atoms. The van der Waals surface area contributed by atoms with Crippen LogP contribution in [0.1, 0.15) is 69.1 Å². The third-order valence-electron chi connectivity index (χ3n) is 4.59. The number of nitrogens with zero attached hydrogens (tertiary/aromatic N) is 2. The van der Waals surface area contributed by atoms with Gasteiger partial charge >= 0.3 is 0 Å². The highest BCUT2D eigenvalue weighted by Gasteiger charge is 2.17. The highest BCUT2D eigenvalue weighted by Crippen LogP contribution is 2.16. The van der Waals surface area contributed by atoms with Gasteiger partial charge in [-0.2, -0.15) is 5.10 Å². The van der Waals surface area contributed by atoms with Crippen molar-refractivity contribution in [3.8, 4) is 0 Å². The molecule has 1 aromatic heterocycles. The summed E-state index contributed by atoms with van der Waals surface area (Å²) in [5.74, 6) is 0.492. The number of amides is 1. The maximum Gasteiger partial charge on any atom is 0.271 e. The Bertz CT molecular complexity index is 483. The molecule has 5 heteroatoms. The van der Waals surface area contributed by atoms with Gasteiger partial charge in [0.15, 0.2) is 0 Å². The van der Waals surface area contributed by atoms with Crippen molar-refractivity contribution in [3.05, 3.63) is 17.5 Å². The van der Waals surface area contributed by atoms with E-state index < -0.39 is 0 Å². The van der Waals surface area contributed by atoms with Crippen LogP contribution >= 0.6 is 0 Å². The summed E-state index contributed by atoms with van der Waals surface area (Å²) >= 11 is 0. The Morgan fingerprint density at radius 2 is 2.26 bits per heavy atom. The predicted molar refractivity (Wildman–Crippen MR) is 93.6 cm³/mol. The number of unbranched alkanes of at least 4 members (excludes halogenated alkanes) is 1. The largest absolute Gasteiger partial charge is 0.351 e. The standard InChI is InChI=1S/C18H32N4O/c1-14(2)12-16-13-17(21-20-16)18(23)19-9-5-7-11-22-10-6-4-8-15(22)3/h13-15H,4-12H2,1-3H3,(H,19,23)(H,20,21). The quantitative estimate of drug-likeness (QED) is 0.724. The van der Waals surface area contributed by atoms with Crippen LogP contribution in [0.4, 0.5) is 0 Å². The number of rotatable bonds is 8. The molecular formula is C18H32N4O. The average molecular weight is 320 g/mol. The fourth-order valence-electron chi connectivity index (χ4n) is 3.24. The zero-order chi connectivity index (χ0) is 16.7. The fraction of sp³-hybridized carbons (Fsp3) is 0.778.